The Morgan fingerprint density at radius 1 is 0.533 bits per heavy atom. The van der Waals surface area contributed by atoms with Crippen molar-refractivity contribution in [2.75, 3.05) is 0 Å². The van der Waals surface area contributed by atoms with Gasteiger partial charge in [-0.2, -0.15) is 0 Å². The van der Waals surface area contributed by atoms with Crippen LogP contribution in [0, 0.1) is 0 Å². The molecule has 1 fully saturated rings. The minimum Gasteiger partial charge on any atom is -0.829 e. The Labute approximate surface area is 151 Å². The van der Waals surface area contributed by atoms with Crippen LogP contribution in [0.5, 0.6) is 0 Å². The second-order valence-electron chi connectivity index (χ2n) is 1.81. The van der Waals surface area contributed by atoms with Gasteiger partial charge in [0.1, 0.15) is 27.1 Å². The van der Waals surface area contributed by atoms with E-state index in [4.69, 9.17) is 0 Å². The Morgan fingerprint density at radius 3 is 0.800 bits per heavy atom. The fourth-order valence-electron chi connectivity index (χ4n) is 0.522. The van der Waals surface area contributed by atoms with Crippen molar-refractivity contribution in [1.29, 1.82) is 0 Å². The van der Waals surface area contributed by atoms with Crippen LogP contribution in [0.2, 0.25) is 0 Å². The molecule has 15 heteroatoms. The van der Waals surface area contributed by atoms with Crippen LogP contribution in [0.3, 0.4) is 0 Å². The van der Waals surface area contributed by atoms with E-state index in [-0.39, 0.29) is 85.3 Å². The molecule has 15 heavy (non-hydrogen) atoms. The quantitative estimate of drug-likeness (QED) is 0.379. The largest absolute Gasteiger partial charge is 1.00 e. The first-order valence-electron chi connectivity index (χ1n) is 2.45. The molecule has 1 heterocycles. The third kappa shape index (κ3) is 8.82. The van der Waals surface area contributed by atoms with Gasteiger partial charge in [-0.3, -0.25) is 0 Å². The van der Waals surface area contributed by atoms with Crippen molar-refractivity contribution in [1.82, 2.24) is 0 Å². The zero-order valence-electron chi connectivity index (χ0n) is 7.67. The SMILES string of the molecule is [Na+].[Na+].[O-][Si]1([O-])O[Si]([O-])([O-])O[Si]([O-])([O-])O1.[Zr]. The standard InChI is InChI=1S/2Na.O9Si3.Zr/c;;1-10(2)7-11(3,4)9-12(5,6)8-10;/q2*+1;-6;. The Morgan fingerprint density at radius 2 is 0.667 bits per heavy atom. The summed E-state index contributed by atoms with van der Waals surface area (Å²) in [5.41, 5.74) is 0. The third-order valence-electron chi connectivity index (χ3n) is 0.750. The van der Waals surface area contributed by atoms with Gasteiger partial charge in [0.25, 0.3) is 0 Å². The normalized spacial score (nSPS) is 25.2. The molecule has 0 spiro atoms. The number of hydrogen-bond donors (Lipinski definition) is 0. The van der Waals surface area contributed by atoms with E-state index in [2.05, 4.69) is 12.3 Å². The molecular formula is Na2O9Si3Zr-4. The molecule has 0 amide bonds. The van der Waals surface area contributed by atoms with Crippen LogP contribution in [0.4, 0.5) is 0 Å². The Balaban J connectivity index is -0.000000480. The summed E-state index contributed by atoms with van der Waals surface area (Å²) in [7, 11) is -16.8. The minimum absolute atomic E-state index is 0. The molecule has 1 saturated heterocycles. The van der Waals surface area contributed by atoms with E-state index in [0.29, 0.717) is 0 Å². The molecule has 1 aliphatic heterocycles. The summed E-state index contributed by atoms with van der Waals surface area (Å²) in [5, 5.41) is 0. The molecule has 1 rings (SSSR count). The van der Waals surface area contributed by atoms with E-state index in [1.165, 1.54) is 0 Å². The summed E-state index contributed by atoms with van der Waals surface area (Å²) in [6.45, 7) is 0. The second kappa shape index (κ2) is 7.69. The van der Waals surface area contributed by atoms with E-state index in [9.17, 15) is 28.8 Å². The van der Waals surface area contributed by atoms with Crippen LogP contribution >= 0.6 is 0 Å². The van der Waals surface area contributed by atoms with Gasteiger partial charge < -0.3 is 41.1 Å². The average molecular weight is 365 g/mol. The Hall–Kier alpha value is 3.17. The topological polar surface area (TPSA) is 166 Å². The first-order valence-corrected chi connectivity index (χ1v) is 7.35. The Bertz CT molecular complexity index is 151. The first-order chi connectivity index (χ1) is 5.12. The molecule has 0 bridgehead atoms. The Kier molecular flexibility index (Phi) is 11.9. The summed E-state index contributed by atoms with van der Waals surface area (Å²) in [6, 6.07) is 0. The molecule has 1 aliphatic rings. The second-order valence-corrected chi connectivity index (χ2v) is 7.26. The molecule has 76 valence electrons. The van der Waals surface area contributed by atoms with Gasteiger partial charge >= 0.3 is 59.1 Å². The van der Waals surface area contributed by atoms with E-state index < -0.39 is 27.1 Å². The molecule has 0 aromatic carbocycles. The molecule has 0 aliphatic carbocycles. The van der Waals surface area contributed by atoms with Gasteiger partial charge in [-0.05, 0) is 0 Å². The minimum atomic E-state index is -5.61. The van der Waals surface area contributed by atoms with Crippen LogP contribution in [-0.2, 0) is 38.5 Å². The average Bonchev–Trinajstić information content (AvgIpc) is 1.44. The molecule has 0 N–H and O–H groups in total. The van der Waals surface area contributed by atoms with Gasteiger partial charge in [-0.1, -0.05) is 0 Å². The van der Waals surface area contributed by atoms with Crippen LogP contribution in [0.15, 0.2) is 0 Å². The van der Waals surface area contributed by atoms with Crippen molar-refractivity contribution in [3.63, 3.8) is 0 Å². The maximum absolute atomic E-state index is 10.3. The van der Waals surface area contributed by atoms with Crippen molar-refractivity contribution >= 4 is 27.1 Å². The van der Waals surface area contributed by atoms with Crippen LogP contribution in [-0.4, -0.2) is 27.1 Å². The molecule has 0 atom stereocenters. The van der Waals surface area contributed by atoms with Gasteiger partial charge in [-0.15, -0.1) is 0 Å². The summed E-state index contributed by atoms with van der Waals surface area (Å²) >= 11 is 0. The van der Waals surface area contributed by atoms with Gasteiger partial charge in [-0.25, -0.2) is 0 Å². The molecule has 0 radical (unpaired) electrons. The number of hydrogen-bond acceptors (Lipinski definition) is 9. The van der Waals surface area contributed by atoms with Crippen molar-refractivity contribution in [2.45, 2.75) is 0 Å². The van der Waals surface area contributed by atoms with Gasteiger partial charge in [0, 0.05) is 26.2 Å². The summed E-state index contributed by atoms with van der Waals surface area (Å²) in [6.07, 6.45) is 0. The number of rotatable bonds is 0. The third-order valence-corrected chi connectivity index (χ3v) is 6.75. The first kappa shape index (κ1) is 23.3. The van der Waals surface area contributed by atoms with Crippen LogP contribution in [0.1, 0.15) is 0 Å². The van der Waals surface area contributed by atoms with Crippen molar-refractivity contribution < 1.29 is 126 Å². The zero-order valence-corrected chi connectivity index (χ0v) is 17.1. The van der Waals surface area contributed by atoms with E-state index in [0.717, 1.165) is 0 Å². The monoisotopic (exact) mass is 364 g/mol. The predicted octanol–water partition coefficient (Wildman–Crippen LogP) is -14.5. The molecule has 9 nitrogen and oxygen atoms in total. The van der Waals surface area contributed by atoms with E-state index in [1.54, 1.807) is 0 Å². The maximum atomic E-state index is 10.3. The summed E-state index contributed by atoms with van der Waals surface area (Å²) in [4.78, 5) is 61.7. The summed E-state index contributed by atoms with van der Waals surface area (Å²) < 4.78 is 9.73. The van der Waals surface area contributed by atoms with Crippen LogP contribution in [0.25, 0.3) is 0 Å². The van der Waals surface area contributed by atoms with Crippen molar-refractivity contribution in [3.05, 3.63) is 0 Å². The van der Waals surface area contributed by atoms with Crippen molar-refractivity contribution in [2.24, 2.45) is 0 Å². The van der Waals surface area contributed by atoms with Crippen molar-refractivity contribution in [3.8, 4) is 0 Å². The fraction of sp³-hybridized carbons (Fsp3) is 0. The van der Waals surface area contributed by atoms with E-state index >= 15 is 0 Å². The predicted molar refractivity (Wildman–Crippen MR) is 20.5 cm³/mol. The van der Waals surface area contributed by atoms with Crippen LogP contribution < -0.4 is 87.9 Å². The molecule has 0 aromatic rings. The smallest absolute Gasteiger partial charge is 0.829 e. The van der Waals surface area contributed by atoms with E-state index in [1.807, 2.05) is 0 Å². The molecule has 0 saturated carbocycles. The molecule has 0 unspecified atom stereocenters. The zero-order chi connectivity index (χ0) is 9.62. The summed E-state index contributed by atoms with van der Waals surface area (Å²) in [5.74, 6) is 0. The molecule has 0 aromatic heterocycles. The fourth-order valence-corrected chi connectivity index (χ4v) is 5.82. The van der Waals surface area contributed by atoms with Gasteiger partial charge in [0.15, 0.2) is 0 Å². The van der Waals surface area contributed by atoms with Gasteiger partial charge in [0.05, 0.1) is 0 Å². The maximum Gasteiger partial charge on any atom is 1.00 e. The molecular weight excluding hydrogens is 365 g/mol. The van der Waals surface area contributed by atoms with Gasteiger partial charge in [0.2, 0.25) is 0 Å².